The molecule has 7 nitrogen and oxygen atoms in total. The number of nitrogens with one attached hydrogen (secondary N) is 2. The van der Waals surface area contributed by atoms with Crippen molar-refractivity contribution in [2.75, 3.05) is 41.8 Å². The first-order chi connectivity index (χ1) is 15.5. The van der Waals surface area contributed by atoms with E-state index >= 15 is 0 Å². The van der Waals surface area contributed by atoms with Gasteiger partial charge in [-0.05, 0) is 62.5 Å². The number of para-hydroxylation sites is 3. The molecule has 2 aliphatic heterocycles. The van der Waals surface area contributed by atoms with E-state index in [1.54, 1.807) is 4.90 Å². The zero-order valence-corrected chi connectivity index (χ0v) is 18.6. The van der Waals surface area contributed by atoms with Crippen LogP contribution in [-0.4, -0.2) is 54.1 Å². The molecular formula is C25H32N4O3. The molecule has 2 aromatic carbocycles. The smallest absolute Gasteiger partial charge is 0.246 e. The second kappa shape index (κ2) is 10.1. The molecule has 0 unspecified atom stereocenters. The molecule has 32 heavy (non-hydrogen) atoms. The van der Waals surface area contributed by atoms with Crippen LogP contribution in [0.4, 0.5) is 17.1 Å². The summed E-state index contributed by atoms with van der Waals surface area (Å²) in [6.45, 7) is 5.09. The Balaban J connectivity index is 1.44. The first kappa shape index (κ1) is 22.3. The van der Waals surface area contributed by atoms with Gasteiger partial charge in [0.05, 0.1) is 17.9 Å². The van der Waals surface area contributed by atoms with Gasteiger partial charge in [-0.1, -0.05) is 30.3 Å². The fourth-order valence-corrected chi connectivity index (χ4v) is 4.62. The molecule has 2 heterocycles. The Bertz CT molecular complexity index is 956. The third kappa shape index (κ3) is 5.11. The molecule has 2 aromatic rings. The molecule has 0 radical (unpaired) electrons. The van der Waals surface area contributed by atoms with E-state index in [9.17, 15) is 14.7 Å². The van der Waals surface area contributed by atoms with Gasteiger partial charge in [-0.2, -0.15) is 0 Å². The third-order valence-electron chi connectivity index (χ3n) is 6.43. The standard InChI is InChI=1S/C25H32N4O3/c1-18-14-24(31)27-22-8-4-5-9-23(22)29(18)25(32)15-26-21-7-3-2-6-20(21)16-28-12-10-19(17-30)11-13-28/h2-9,18-19,26,30H,10-17H2,1H3,(H,27,31)/t18-/m1/s1. The monoisotopic (exact) mass is 436 g/mol. The van der Waals surface area contributed by atoms with Gasteiger partial charge in [0.2, 0.25) is 11.8 Å². The topological polar surface area (TPSA) is 84.9 Å². The van der Waals surface area contributed by atoms with E-state index in [4.69, 9.17) is 0 Å². The lowest BCUT2D eigenvalue weighted by Gasteiger charge is -2.31. The van der Waals surface area contributed by atoms with Crippen molar-refractivity contribution in [3.05, 3.63) is 54.1 Å². The quantitative estimate of drug-likeness (QED) is 0.648. The highest BCUT2D eigenvalue weighted by molar-refractivity contribution is 6.05. The number of hydrogen-bond acceptors (Lipinski definition) is 5. The van der Waals surface area contributed by atoms with Crippen LogP contribution in [0, 0.1) is 5.92 Å². The molecule has 0 saturated carbocycles. The lowest BCUT2D eigenvalue weighted by molar-refractivity contribution is -0.118. The number of aliphatic hydroxyl groups is 1. The average molecular weight is 437 g/mol. The van der Waals surface area contributed by atoms with Gasteiger partial charge in [0.1, 0.15) is 0 Å². The van der Waals surface area contributed by atoms with Gasteiger partial charge in [0.15, 0.2) is 0 Å². The van der Waals surface area contributed by atoms with Crippen molar-refractivity contribution in [1.82, 2.24) is 4.90 Å². The number of nitrogens with zero attached hydrogens (tertiary/aromatic N) is 2. The maximum atomic E-state index is 13.3. The number of amides is 2. The number of fused-ring (bicyclic) bond motifs is 1. The second-order valence-electron chi connectivity index (χ2n) is 8.80. The van der Waals surface area contributed by atoms with Crippen molar-refractivity contribution in [3.8, 4) is 0 Å². The number of aliphatic hydroxyl groups excluding tert-OH is 1. The van der Waals surface area contributed by atoms with E-state index in [1.807, 2.05) is 49.4 Å². The highest BCUT2D eigenvalue weighted by Crippen LogP contribution is 2.31. The minimum atomic E-state index is -0.226. The first-order valence-corrected chi connectivity index (χ1v) is 11.4. The summed E-state index contributed by atoms with van der Waals surface area (Å²) in [6.07, 6.45) is 2.30. The van der Waals surface area contributed by atoms with Crippen molar-refractivity contribution in [3.63, 3.8) is 0 Å². The fourth-order valence-electron chi connectivity index (χ4n) is 4.62. The van der Waals surface area contributed by atoms with Crippen LogP contribution in [-0.2, 0) is 16.1 Å². The average Bonchev–Trinajstić information content (AvgIpc) is 2.93. The minimum absolute atomic E-state index is 0.0694. The van der Waals surface area contributed by atoms with Crippen LogP contribution < -0.4 is 15.5 Å². The summed E-state index contributed by atoms with van der Waals surface area (Å²) in [5.74, 6) is 0.264. The van der Waals surface area contributed by atoms with Gasteiger partial charge in [-0.3, -0.25) is 14.5 Å². The number of benzene rings is 2. The maximum absolute atomic E-state index is 13.3. The largest absolute Gasteiger partial charge is 0.396 e. The molecule has 1 saturated heterocycles. The summed E-state index contributed by atoms with van der Waals surface area (Å²) in [5, 5.41) is 15.6. The Morgan fingerprint density at radius 3 is 2.62 bits per heavy atom. The summed E-state index contributed by atoms with van der Waals surface area (Å²) in [6, 6.07) is 15.3. The van der Waals surface area contributed by atoms with Gasteiger partial charge in [-0.15, -0.1) is 0 Å². The molecule has 7 heteroatoms. The van der Waals surface area contributed by atoms with E-state index in [0.29, 0.717) is 11.6 Å². The van der Waals surface area contributed by atoms with E-state index in [1.165, 1.54) is 0 Å². The molecule has 0 spiro atoms. The SMILES string of the molecule is C[C@@H]1CC(=O)Nc2ccccc2N1C(=O)CNc1ccccc1CN1CCC(CO)CC1. The van der Waals surface area contributed by atoms with Crippen LogP contribution in [0.25, 0.3) is 0 Å². The Labute approximate surface area is 189 Å². The third-order valence-corrected chi connectivity index (χ3v) is 6.43. The number of piperidine rings is 1. The fraction of sp³-hybridized carbons (Fsp3) is 0.440. The molecule has 4 rings (SSSR count). The highest BCUT2D eigenvalue weighted by atomic mass is 16.3. The second-order valence-corrected chi connectivity index (χ2v) is 8.80. The van der Waals surface area contributed by atoms with Gasteiger partial charge in [0.25, 0.3) is 0 Å². The molecule has 3 N–H and O–H groups in total. The summed E-state index contributed by atoms with van der Waals surface area (Å²) in [5.41, 5.74) is 3.51. The predicted molar refractivity (Wildman–Crippen MR) is 127 cm³/mol. The Kier molecular flexibility index (Phi) is 7.07. The maximum Gasteiger partial charge on any atom is 0.246 e. The van der Waals surface area contributed by atoms with Crippen LogP contribution in [0.1, 0.15) is 31.7 Å². The van der Waals surface area contributed by atoms with Crippen LogP contribution in [0.3, 0.4) is 0 Å². The van der Waals surface area contributed by atoms with E-state index in [0.717, 1.165) is 49.4 Å². The van der Waals surface area contributed by atoms with Gasteiger partial charge >= 0.3 is 0 Å². The lowest BCUT2D eigenvalue weighted by atomic mass is 9.97. The molecule has 1 atom stereocenters. The number of carbonyl (C=O) groups is 2. The van der Waals surface area contributed by atoms with Crippen LogP contribution >= 0.6 is 0 Å². The molecule has 2 amide bonds. The molecule has 0 aliphatic carbocycles. The van der Waals surface area contributed by atoms with Crippen molar-refractivity contribution < 1.29 is 14.7 Å². The summed E-state index contributed by atoms with van der Waals surface area (Å²) < 4.78 is 0. The van der Waals surface area contributed by atoms with Crippen molar-refractivity contribution in [2.24, 2.45) is 5.92 Å². The van der Waals surface area contributed by atoms with Gasteiger partial charge < -0.3 is 20.6 Å². The van der Waals surface area contributed by atoms with Crippen LogP contribution in [0.2, 0.25) is 0 Å². The highest BCUT2D eigenvalue weighted by Gasteiger charge is 2.29. The number of rotatable bonds is 6. The van der Waals surface area contributed by atoms with Crippen molar-refractivity contribution in [1.29, 1.82) is 0 Å². The Hall–Kier alpha value is -2.90. The van der Waals surface area contributed by atoms with Crippen LogP contribution in [0.5, 0.6) is 0 Å². The molecule has 0 aromatic heterocycles. The normalized spacial score (nSPS) is 19.8. The van der Waals surface area contributed by atoms with Gasteiger partial charge in [0, 0.05) is 31.3 Å². The Morgan fingerprint density at radius 2 is 1.84 bits per heavy atom. The Morgan fingerprint density at radius 1 is 1.12 bits per heavy atom. The zero-order valence-electron chi connectivity index (χ0n) is 18.6. The zero-order chi connectivity index (χ0) is 22.5. The molecule has 0 bridgehead atoms. The summed E-state index contributed by atoms with van der Waals surface area (Å²) >= 11 is 0. The minimum Gasteiger partial charge on any atom is -0.396 e. The van der Waals surface area contributed by atoms with Crippen molar-refractivity contribution >= 4 is 28.9 Å². The first-order valence-electron chi connectivity index (χ1n) is 11.4. The molecule has 170 valence electrons. The summed E-state index contributed by atoms with van der Waals surface area (Å²) in [7, 11) is 0. The number of hydrogen-bond donors (Lipinski definition) is 3. The molecule has 1 fully saturated rings. The van der Waals surface area contributed by atoms with E-state index in [-0.39, 0.29) is 37.4 Å². The molecular weight excluding hydrogens is 404 g/mol. The lowest BCUT2D eigenvalue weighted by Crippen LogP contribution is -2.42. The van der Waals surface area contributed by atoms with E-state index in [2.05, 4.69) is 21.6 Å². The predicted octanol–water partition coefficient (Wildman–Crippen LogP) is 3.07. The number of carbonyl (C=O) groups excluding carboxylic acids is 2. The number of anilines is 3. The van der Waals surface area contributed by atoms with Crippen LogP contribution in [0.15, 0.2) is 48.5 Å². The summed E-state index contributed by atoms with van der Waals surface area (Å²) in [4.78, 5) is 29.6. The van der Waals surface area contributed by atoms with Crippen molar-refractivity contribution in [2.45, 2.75) is 38.8 Å². The number of likely N-dealkylation sites (tertiary alicyclic amines) is 1. The van der Waals surface area contributed by atoms with Gasteiger partial charge in [-0.25, -0.2) is 0 Å². The molecule has 2 aliphatic rings. The van der Waals surface area contributed by atoms with E-state index < -0.39 is 0 Å².